The highest BCUT2D eigenvalue weighted by atomic mass is 35.5. The number of carbonyl (C=O) groups excluding carboxylic acids is 1. The van der Waals surface area contributed by atoms with Gasteiger partial charge in [-0.1, -0.05) is 29.8 Å². The average Bonchev–Trinajstić information content (AvgIpc) is 2.84. The number of aromatic hydroxyl groups is 1. The Morgan fingerprint density at radius 2 is 1.73 bits per heavy atom. The van der Waals surface area contributed by atoms with Crippen molar-refractivity contribution >= 4 is 51.1 Å². The normalized spacial score (nSPS) is 11.7. The summed E-state index contributed by atoms with van der Waals surface area (Å²) in [7, 11) is -4.77. The van der Waals surface area contributed by atoms with Gasteiger partial charge in [0.25, 0.3) is 10.0 Å². The maximum absolute atomic E-state index is 14.9. The summed E-state index contributed by atoms with van der Waals surface area (Å²) in [6.45, 7) is 5.42. The Morgan fingerprint density at radius 1 is 1.05 bits per heavy atom. The first-order valence-corrected chi connectivity index (χ1v) is 14.4. The smallest absolute Gasteiger partial charge is 0.407 e. The molecule has 0 aliphatic rings. The monoisotopic (exact) mass is 614 g/mol. The largest absolute Gasteiger partial charge is 0.505 e. The number of benzene rings is 3. The molecule has 0 radical (unpaired) electrons. The fraction of sp³-hybridized carbons (Fsp3) is 0.231. The van der Waals surface area contributed by atoms with E-state index in [0.717, 1.165) is 12.1 Å². The van der Waals surface area contributed by atoms with Gasteiger partial charge >= 0.3 is 12.1 Å². The van der Waals surface area contributed by atoms with Crippen LogP contribution < -0.4 is 10.0 Å². The number of carboxylic acid groups (broad SMARTS) is 1. The molecule has 0 aliphatic carbocycles. The Balaban J connectivity index is 1.89. The first kappa shape index (κ1) is 31.0. The van der Waals surface area contributed by atoms with Crippen molar-refractivity contribution in [2.24, 2.45) is 0 Å². The van der Waals surface area contributed by atoms with E-state index in [9.17, 15) is 37.0 Å². The minimum atomic E-state index is -4.77. The summed E-state index contributed by atoms with van der Waals surface area (Å²) in [4.78, 5) is 22.8. The average molecular weight is 615 g/mol. The Morgan fingerprint density at radius 3 is 2.38 bits per heavy atom. The maximum Gasteiger partial charge on any atom is 0.407 e. The molecule has 0 heterocycles. The molecule has 0 atom stereocenters. The number of rotatable bonds is 9. The molecule has 0 aliphatic heterocycles. The third-order valence-electron chi connectivity index (χ3n) is 5.07. The molecule has 40 heavy (non-hydrogen) atoms. The lowest BCUT2D eigenvalue weighted by Crippen LogP contribution is -2.33. The van der Waals surface area contributed by atoms with Crippen LogP contribution in [-0.2, 0) is 14.8 Å². The Kier molecular flexibility index (Phi) is 9.54. The van der Waals surface area contributed by atoms with Gasteiger partial charge in [-0.25, -0.2) is 26.8 Å². The number of amides is 1. The molecule has 0 saturated carbocycles. The molecule has 0 spiro atoms. The van der Waals surface area contributed by atoms with Crippen LogP contribution in [0.25, 0.3) is 11.1 Å². The van der Waals surface area contributed by atoms with Crippen LogP contribution in [0.15, 0.2) is 58.3 Å². The van der Waals surface area contributed by atoms with Gasteiger partial charge < -0.3 is 20.3 Å². The van der Waals surface area contributed by atoms with Crippen LogP contribution in [0.3, 0.4) is 0 Å². The van der Waals surface area contributed by atoms with E-state index in [0.29, 0.717) is 28.3 Å². The lowest BCUT2D eigenvalue weighted by molar-refractivity contribution is 0.0530. The molecule has 214 valence electrons. The second-order valence-corrected chi connectivity index (χ2v) is 12.5. The minimum absolute atomic E-state index is 0.135. The third kappa shape index (κ3) is 7.77. The standard InChI is InChI=1S/C26H25ClF2N2O7S2/c1-26(2,3)38-25(35)30-8-9-39-21-7-5-4-6-15(21)16-12-20(19(29)13-18(16)28)31-40(36,37)22-11-14(24(33)34)10-17(27)23(22)32/h4-7,10-13,31-32H,8-9H2,1-3H3,(H,30,35)(H,33,34). The number of sulfonamides is 1. The van der Waals surface area contributed by atoms with Crippen molar-refractivity contribution in [3.8, 4) is 16.9 Å². The van der Waals surface area contributed by atoms with Crippen LogP contribution in [0.4, 0.5) is 19.3 Å². The summed E-state index contributed by atoms with van der Waals surface area (Å²) < 4.78 is 62.7. The summed E-state index contributed by atoms with van der Waals surface area (Å²) in [5, 5.41) is 21.4. The summed E-state index contributed by atoms with van der Waals surface area (Å²) in [6, 6.07) is 9.50. The van der Waals surface area contributed by atoms with Gasteiger partial charge in [0, 0.05) is 28.8 Å². The number of aromatic carboxylic acids is 1. The number of anilines is 1. The molecule has 3 rings (SSSR count). The van der Waals surface area contributed by atoms with Gasteiger partial charge in [-0.2, -0.15) is 0 Å². The van der Waals surface area contributed by atoms with Gasteiger partial charge in [0.1, 0.15) is 22.1 Å². The molecule has 0 unspecified atom stereocenters. The number of nitrogens with one attached hydrogen (secondary N) is 2. The highest BCUT2D eigenvalue weighted by molar-refractivity contribution is 7.99. The zero-order valence-corrected chi connectivity index (χ0v) is 23.8. The molecule has 0 aromatic heterocycles. The Labute approximate surface area is 238 Å². The molecule has 3 aromatic rings. The SMILES string of the molecule is CC(C)(C)OC(=O)NCCSc1ccccc1-c1cc(NS(=O)(=O)c2cc(C(=O)O)cc(Cl)c2O)c(F)cc1F. The minimum Gasteiger partial charge on any atom is -0.505 e. The molecule has 1 amide bonds. The van der Waals surface area contributed by atoms with Crippen molar-refractivity contribution in [3.63, 3.8) is 0 Å². The summed E-state index contributed by atoms with van der Waals surface area (Å²) >= 11 is 7.05. The van der Waals surface area contributed by atoms with Crippen molar-refractivity contribution in [2.75, 3.05) is 17.0 Å². The molecule has 3 aromatic carbocycles. The molecule has 0 fully saturated rings. The van der Waals surface area contributed by atoms with E-state index in [-0.39, 0.29) is 12.1 Å². The second-order valence-electron chi connectivity index (χ2n) is 9.30. The number of phenolic OH excluding ortho intramolecular Hbond substituents is 1. The molecule has 9 nitrogen and oxygen atoms in total. The van der Waals surface area contributed by atoms with Crippen molar-refractivity contribution in [3.05, 3.63) is 70.8 Å². The number of carbonyl (C=O) groups is 2. The third-order valence-corrected chi connectivity index (χ3v) is 7.81. The first-order chi connectivity index (χ1) is 18.6. The van der Waals surface area contributed by atoms with E-state index in [2.05, 4.69) is 5.32 Å². The molecular weight excluding hydrogens is 590 g/mol. The van der Waals surface area contributed by atoms with Crippen LogP contribution in [0.2, 0.25) is 5.02 Å². The van der Waals surface area contributed by atoms with E-state index in [1.54, 1.807) is 45.0 Å². The van der Waals surface area contributed by atoms with E-state index < -0.39 is 66.2 Å². The van der Waals surface area contributed by atoms with Gasteiger partial charge in [-0.15, -0.1) is 11.8 Å². The highest BCUT2D eigenvalue weighted by Crippen LogP contribution is 2.37. The molecular formula is C26H25ClF2N2O7S2. The zero-order valence-electron chi connectivity index (χ0n) is 21.4. The summed E-state index contributed by atoms with van der Waals surface area (Å²) in [6.07, 6.45) is -0.593. The van der Waals surface area contributed by atoms with Gasteiger partial charge in [0.05, 0.1) is 16.3 Å². The molecule has 0 saturated heterocycles. The van der Waals surface area contributed by atoms with Crippen LogP contribution in [-0.4, -0.2) is 48.6 Å². The van der Waals surface area contributed by atoms with E-state index >= 15 is 0 Å². The lowest BCUT2D eigenvalue weighted by Gasteiger charge is -2.19. The fourth-order valence-electron chi connectivity index (χ4n) is 3.38. The topological polar surface area (TPSA) is 142 Å². The summed E-state index contributed by atoms with van der Waals surface area (Å²) in [5.74, 6) is -4.30. The first-order valence-electron chi connectivity index (χ1n) is 11.6. The number of hydrogen-bond acceptors (Lipinski definition) is 7. The number of thioether (sulfide) groups is 1. The zero-order chi connectivity index (χ0) is 29.8. The number of carboxylic acids is 1. The predicted molar refractivity (Wildman–Crippen MR) is 148 cm³/mol. The van der Waals surface area contributed by atoms with Crippen molar-refractivity contribution in [2.45, 2.75) is 36.2 Å². The van der Waals surface area contributed by atoms with E-state index in [4.69, 9.17) is 16.3 Å². The maximum atomic E-state index is 14.9. The van der Waals surface area contributed by atoms with Gasteiger partial charge in [-0.3, -0.25) is 4.72 Å². The number of phenols is 1. The van der Waals surface area contributed by atoms with Gasteiger partial charge in [-0.05, 0) is 50.6 Å². The van der Waals surface area contributed by atoms with E-state index in [1.807, 2.05) is 4.72 Å². The number of alkyl carbamates (subject to hydrolysis) is 1. The highest BCUT2D eigenvalue weighted by Gasteiger charge is 2.26. The molecule has 14 heteroatoms. The lowest BCUT2D eigenvalue weighted by atomic mass is 10.0. The number of hydrogen-bond donors (Lipinski definition) is 4. The van der Waals surface area contributed by atoms with Crippen molar-refractivity contribution < 1.29 is 41.7 Å². The van der Waals surface area contributed by atoms with Crippen LogP contribution in [0, 0.1) is 11.6 Å². The second kappa shape index (κ2) is 12.3. The van der Waals surface area contributed by atoms with Crippen LogP contribution in [0.5, 0.6) is 5.75 Å². The van der Waals surface area contributed by atoms with Crippen LogP contribution >= 0.6 is 23.4 Å². The predicted octanol–water partition coefficient (Wildman–Crippen LogP) is 6.11. The molecule has 4 N–H and O–H groups in total. The summed E-state index contributed by atoms with van der Waals surface area (Å²) in [5.41, 5.74) is -1.66. The molecule has 0 bridgehead atoms. The van der Waals surface area contributed by atoms with E-state index in [1.165, 1.54) is 11.8 Å². The fourth-order valence-corrected chi connectivity index (χ4v) is 5.79. The number of ether oxygens (including phenoxy) is 1. The van der Waals surface area contributed by atoms with Crippen LogP contribution in [0.1, 0.15) is 31.1 Å². The quantitative estimate of drug-likeness (QED) is 0.167. The Bertz CT molecular complexity index is 1560. The van der Waals surface area contributed by atoms with Gasteiger partial charge in [0.15, 0.2) is 5.75 Å². The van der Waals surface area contributed by atoms with Crippen molar-refractivity contribution in [1.82, 2.24) is 5.32 Å². The van der Waals surface area contributed by atoms with Gasteiger partial charge in [0.2, 0.25) is 0 Å². The van der Waals surface area contributed by atoms with Crippen molar-refractivity contribution in [1.29, 1.82) is 0 Å². The Hall–Kier alpha value is -3.55. The number of halogens is 3.